The summed E-state index contributed by atoms with van der Waals surface area (Å²) >= 11 is 0. The Labute approximate surface area is 179 Å². The van der Waals surface area contributed by atoms with E-state index in [1.165, 1.54) is 5.56 Å². The van der Waals surface area contributed by atoms with Gasteiger partial charge in [-0.2, -0.15) is 0 Å². The molecular formula is C20H31IN4O2. The average molecular weight is 486 g/mol. The number of guanidine groups is 1. The molecule has 0 spiro atoms. The Morgan fingerprint density at radius 3 is 2.48 bits per heavy atom. The summed E-state index contributed by atoms with van der Waals surface area (Å²) in [5.74, 6) is 2.79. The van der Waals surface area contributed by atoms with Gasteiger partial charge in [-0.15, -0.1) is 24.0 Å². The summed E-state index contributed by atoms with van der Waals surface area (Å²) in [7, 11) is 0. The van der Waals surface area contributed by atoms with E-state index in [-0.39, 0.29) is 29.9 Å². The van der Waals surface area contributed by atoms with Crippen molar-refractivity contribution in [1.82, 2.24) is 15.8 Å². The molecule has 0 bridgehead atoms. The highest BCUT2D eigenvalue weighted by molar-refractivity contribution is 14.0. The molecule has 27 heavy (non-hydrogen) atoms. The molecule has 1 heterocycles. The molecule has 2 aromatic rings. The van der Waals surface area contributed by atoms with Crippen molar-refractivity contribution in [3.63, 3.8) is 0 Å². The fraction of sp³-hybridized carbons (Fsp3) is 0.500. The molecule has 0 aliphatic rings. The van der Waals surface area contributed by atoms with E-state index in [0.29, 0.717) is 19.7 Å². The number of hydrogen-bond acceptors (Lipinski definition) is 4. The van der Waals surface area contributed by atoms with Gasteiger partial charge in [-0.3, -0.25) is 4.99 Å². The highest BCUT2D eigenvalue weighted by Crippen LogP contribution is 2.23. The summed E-state index contributed by atoms with van der Waals surface area (Å²) in [6.45, 7) is 12.9. The van der Waals surface area contributed by atoms with Crippen LogP contribution in [-0.4, -0.2) is 37.4 Å². The van der Waals surface area contributed by atoms with Gasteiger partial charge >= 0.3 is 0 Å². The Kier molecular flexibility index (Phi) is 10.2. The van der Waals surface area contributed by atoms with E-state index in [4.69, 9.17) is 9.26 Å². The largest absolute Gasteiger partial charge is 0.492 e. The topological polar surface area (TPSA) is 71.7 Å². The van der Waals surface area contributed by atoms with Gasteiger partial charge in [-0.1, -0.05) is 29.8 Å². The highest BCUT2D eigenvalue weighted by atomic mass is 127. The summed E-state index contributed by atoms with van der Waals surface area (Å²) in [5.41, 5.74) is 3.31. The zero-order valence-corrected chi connectivity index (χ0v) is 19.2. The second-order valence-corrected chi connectivity index (χ2v) is 6.45. The average Bonchev–Trinajstić information content (AvgIpc) is 2.96. The molecule has 0 radical (unpaired) electrons. The predicted octanol–water partition coefficient (Wildman–Crippen LogP) is 3.96. The molecule has 150 valence electrons. The lowest BCUT2D eigenvalue weighted by atomic mass is 10.00. The van der Waals surface area contributed by atoms with Crippen molar-refractivity contribution in [3.8, 4) is 5.75 Å². The third-order valence-electron chi connectivity index (χ3n) is 4.13. The fourth-order valence-electron chi connectivity index (χ4n) is 2.83. The smallest absolute Gasteiger partial charge is 0.191 e. The van der Waals surface area contributed by atoms with Crippen LogP contribution in [0, 0.1) is 20.8 Å². The molecule has 2 N–H and O–H groups in total. The van der Waals surface area contributed by atoms with E-state index < -0.39 is 0 Å². The van der Waals surface area contributed by atoms with E-state index in [9.17, 15) is 0 Å². The molecule has 0 amide bonds. The van der Waals surface area contributed by atoms with Crippen LogP contribution >= 0.6 is 24.0 Å². The van der Waals surface area contributed by atoms with Gasteiger partial charge in [-0.05, 0) is 39.8 Å². The van der Waals surface area contributed by atoms with Crippen molar-refractivity contribution in [2.45, 2.75) is 40.5 Å². The summed E-state index contributed by atoms with van der Waals surface area (Å²) < 4.78 is 11.0. The zero-order chi connectivity index (χ0) is 18.9. The Balaban J connectivity index is 0.00000364. The molecule has 1 unspecified atom stereocenters. The van der Waals surface area contributed by atoms with Crippen LogP contribution in [0.5, 0.6) is 5.75 Å². The van der Waals surface area contributed by atoms with E-state index in [1.807, 2.05) is 38.1 Å². The van der Waals surface area contributed by atoms with Crippen LogP contribution in [-0.2, 0) is 0 Å². The number of hydrogen-bond donors (Lipinski definition) is 2. The van der Waals surface area contributed by atoms with Crippen molar-refractivity contribution >= 4 is 29.9 Å². The summed E-state index contributed by atoms with van der Waals surface area (Å²) in [4.78, 5) is 4.68. The number of aromatic nitrogens is 1. The highest BCUT2D eigenvalue weighted by Gasteiger charge is 2.16. The molecule has 1 aromatic heterocycles. The molecule has 0 aliphatic heterocycles. The number of nitrogens with one attached hydrogen (secondary N) is 2. The summed E-state index contributed by atoms with van der Waals surface area (Å²) in [5, 5.41) is 10.6. The minimum absolute atomic E-state index is 0. The Hall–Kier alpha value is -1.77. The van der Waals surface area contributed by atoms with Crippen molar-refractivity contribution in [2.75, 3.05) is 26.2 Å². The molecule has 7 heteroatoms. The number of ether oxygens (including phenoxy) is 1. The maximum absolute atomic E-state index is 5.74. The first-order chi connectivity index (χ1) is 12.5. The lowest BCUT2D eigenvalue weighted by Gasteiger charge is -2.14. The van der Waals surface area contributed by atoms with Gasteiger partial charge in [0.05, 0.1) is 12.2 Å². The monoisotopic (exact) mass is 486 g/mol. The van der Waals surface area contributed by atoms with E-state index in [1.54, 1.807) is 0 Å². The summed E-state index contributed by atoms with van der Waals surface area (Å²) in [6, 6.07) is 8.06. The molecule has 0 saturated carbocycles. The first-order valence-corrected chi connectivity index (χ1v) is 9.15. The van der Waals surface area contributed by atoms with Gasteiger partial charge in [-0.25, -0.2) is 0 Å². The van der Waals surface area contributed by atoms with Gasteiger partial charge < -0.3 is 19.9 Å². The van der Waals surface area contributed by atoms with Crippen molar-refractivity contribution in [2.24, 2.45) is 4.99 Å². The summed E-state index contributed by atoms with van der Waals surface area (Å²) in [6.07, 6.45) is 0. The molecule has 1 atom stereocenters. The molecule has 0 saturated heterocycles. The standard InChI is InChI=1S/C20H30N4O2.HI/c1-6-21-20(22-11-12-25-18-9-7-14(2)8-10-18)23-13-15(3)19-16(4)24-26-17(19)5;/h7-10,15H,6,11-13H2,1-5H3,(H2,21,22,23);1H. The number of nitrogens with zero attached hydrogens (tertiary/aromatic N) is 2. The first-order valence-electron chi connectivity index (χ1n) is 9.15. The van der Waals surface area contributed by atoms with Crippen LogP contribution in [0.2, 0.25) is 0 Å². The zero-order valence-electron chi connectivity index (χ0n) is 16.8. The predicted molar refractivity (Wildman–Crippen MR) is 120 cm³/mol. The fourth-order valence-corrected chi connectivity index (χ4v) is 2.83. The van der Waals surface area contributed by atoms with Crippen LogP contribution < -0.4 is 15.4 Å². The van der Waals surface area contributed by atoms with Gasteiger partial charge in [0.2, 0.25) is 0 Å². The Morgan fingerprint density at radius 1 is 1.19 bits per heavy atom. The third-order valence-corrected chi connectivity index (χ3v) is 4.13. The molecule has 0 fully saturated rings. The van der Waals surface area contributed by atoms with Crippen LogP contribution in [0.3, 0.4) is 0 Å². The number of halogens is 1. The molecule has 2 rings (SSSR count). The number of rotatable bonds is 8. The SMILES string of the molecule is CCNC(=NCC(C)c1c(C)noc1C)NCCOc1ccc(C)cc1.I. The maximum Gasteiger partial charge on any atom is 0.191 e. The van der Waals surface area contributed by atoms with Crippen molar-refractivity contribution in [3.05, 3.63) is 46.8 Å². The van der Waals surface area contributed by atoms with E-state index in [2.05, 4.69) is 41.6 Å². The quantitative estimate of drug-likeness (QED) is 0.256. The number of aliphatic imine (C=N–C) groups is 1. The molecule has 1 aromatic carbocycles. The minimum Gasteiger partial charge on any atom is -0.492 e. The number of aryl methyl sites for hydroxylation is 3. The first kappa shape index (κ1) is 23.3. The molecule has 6 nitrogen and oxygen atoms in total. The lowest BCUT2D eigenvalue weighted by Crippen LogP contribution is -2.39. The van der Waals surface area contributed by atoms with Gasteiger partial charge in [0, 0.05) is 24.6 Å². The van der Waals surface area contributed by atoms with E-state index in [0.717, 1.165) is 35.3 Å². The molecular weight excluding hydrogens is 455 g/mol. The third kappa shape index (κ3) is 7.40. The lowest BCUT2D eigenvalue weighted by molar-refractivity contribution is 0.322. The Bertz CT molecular complexity index is 694. The second-order valence-electron chi connectivity index (χ2n) is 6.45. The van der Waals surface area contributed by atoms with Gasteiger partial charge in [0.15, 0.2) is 5.96 Å². The van der Waals surface area contributed by atoms with Crippen molar-refractivity contribution in [1.29, 1.82) is 0 Å². The van der Waals surface area contributed by atoms with E-state index >= 15 is 0 Å². The van der Waals surface area contributed by atoms with Crippen molar-refractivity contribution < 1.29 is 9.26 Å². The normalized spacial score (nSPS) is 12.3. The van der Waals surface area contributed by atoms with Crippen LogP contribution in [0.1, 0.15) is 42.3 Å². The maximum atomic E-state index is 5.74. The van der Waals surface area contributed by atoms with Gasteiger partial charge in [0.25, 0.3) is 0 Å². The minimum atomic E-state index is 0. The van der Waals surface area contributed by atoms with Crippen LogP contribution in [0.25, 0.3) is 0 Å². The van der Waals surface area contributed by atoms with Gasteiger partial charge in [0.1, 0.15) is 18.1 Å². The Morgan fingerprint density at radius 2 is 1.89 bits per heavy atom. The molecule has 0 aliphatic carbocycles. The van der Waals surface area contributed by atoms with Crippen LogP contribution in [0.4, 0.5) is 0 Å². The van der Waals surface area contributed by atoms with Crippen LogP contribution in [0.15, 0.2) is 33.8 Å². The second kappa shape index (κ2) is 11.8. The number of benzene rings is 1.